The normalized spacial score (nSPS) is 13.6. The first-order valence-electron chi connectivity index (χ1n) is 11.2. The van der Waals surface area contributed by atoms with Gasteiger partial charge in [0.25, 0.3) is 5.91 Å². The molecule has 1 aromatic heterocycles. The molecule has 1 amide bonds. The lowest BCUT2D eigenvalue weighted by Gasteiger charge is -2.28. The highest BCUT2D eigenvalue weighted by Gasteiger charge is 2.18. The van der Waals surface area contributed by atoms with Crippen molar-refractivity contribution in [1.29, 1.82) is 0 Å². The summed E-state index contributed by atoms with van der Waals surface area (Å²) in [6.07, 6.45) is 1.47. The van der Waals surface area contributed by atoms with Gasteiger partial charge in [0, 0.05) is 30.9 Å². The summed E-state index contributed by atoms with van der Waals surface area (Å²) in [7, 11) is 0. The van der Waals surface area contributed by atoms with Crippen LogP contribution in [0.2, 0.25) is 0 Å². The minimum absolute atomic E-state index is 0.238. The first kappa shape index (κ1) is 21.9. The Kier molecular flexibility index (Phi) is 6.35. The molecule has 7 heteroatoms. The molecule has 0 spiro atoms. The minimum Gasteiger partial charge on any atom is -0.436 e. The van der Waals surface area contributed by atoms with Crippen LogP contribution in [-0.4, -0.2) is 37.2 Å². The third-order valence-corrected chi connectivity index (χ3v) is 5.81. The van der Waals surface area contributed by atoms with Gasteiger partial charge < -0.3 is 19.4 Å². The van der Waals surface area contributed by atoms with Gasteiger partial charge in [0.05, 0.1) is 30.5 Å². The molecule has 0 atom stereocenters. The second kappa shape index (κ2) is 9.89. The van der Waals surface area contributed by atoms with Crippen LogP contribution in [0.5, 0.6) is 0 Å². The largest absolute Gasteiger partial charge is 0.436 e. The lowest BCUT2D eigenvalue weighted by Crippen LogP contribution is -2.36. The number of morpholine rings is 1. The summed E-state index contributed by atoms with van der Waals surface area (Å²) in [5.41, 5.74) is 3.46. The van der Waals surface area contributed by atoms with Crippen LogP contribution in [0.1, 0.15) is 15.9 Å². The van der Waals surface area contributed by atoms with Crippen molar-refractivity contribution in [3.05, 3.63) is 95.9 Å². The van der Waals surface area contributed by atoms with Gasteiger partial charge in [0.15, 0.2) is 5.76 Å². The Bertz CT molecular complexity index is 1280. The van der Waals surface area contributed by atoms with Gasteiger partial charge >= 0.3 is 0 Å². The van der Waals surface area contributed by atoms with Crippen molar-refractivity contribution in [2.45, 2.75) is 6.54 Å². The molecular formula is C27H24FN3O3. The van der Waals surface area contributed by atoms with Gasteiger partial charge in [0.1, 0.15) is 5.82 Å². The predicted octanol–water partition coefficient (Wildman–Crippen LogP) is 4.91. The highest BCUT2D eigenvalue weighted by atomic mass is 19.1. The summed E-state index contributed by atoms with van der Waals surface area (Å²) in [6.45, 7) is 3.63. The molecule has 5 rings (SSSR count). The van der Waals surface area contributed by atoms with Crippen molar-refractivity contribution in [2.75, 3.05) is 31.2 Å². The molecule has 6 nitrogen and oxygen atoms in total. The fraction of sp³-hybridized carbons (Fsp3) is 0.185. The zero-order valence-corrected chi connectivity index (χ0v) is 18.5. The first-order chi connectivity index (χ1) is 16.7. The highest BCUT2D eigenvalue weighted by Crippen LogP contribution is 2.29. The monoisotopic (exact) mass is 457 g/mol. The van der Waals surface area contributed by atoms with Gasteiger partial charge in [-0.2, -0.15) is 0 Å². The van der Waals surface area contributed by atoms with E-state index >= 15 is 0 Å². The number of carbonyl (C=O) groups is 1. The molecule has 1 N–H and O–H groups in total. The van der Waals surface area contributed by atoms with Gasteiger partial charge in [0.2, 0.25) is 5.89 Å². The second-order valence-corrected chi connectivity index (χ2v) is 8.00. The van der Waals surface area contributed by atoms with Crippen LogP contribution in [0.25, 0.3) is 22.8 Å². The molecule has 1 aliphatic rings. The maximum absolute atomic E-state index is 14.1. The smallest absolute Gasteiger partial charge is 0.252 e. The number of rotatable bonds is 6. The molecule has 0 aliphatic carbocycles. The summed E-state index contributed by atoms with van der Waals surface area (Å²) in [5, 5.41) is 2.97. The number of nitrogens with zero attached hydrogens (tertiary/aromatic N) is 2. The number of ether oxygens (including phenoxy) is 1. The van der Waals surface area contributed by atoms with Gasteiger partial charge in [-0.25, -0.2) is 9.37 Å². The van der Waals surface area contributed by atoms with Gasteiger partial charge in [-0.15, -0.1) is 0 Å². The van der Waals surface area contributed by atoms with Crippen molar-refractivity contribution in [3.63, 3.8) is 0 Å². The van der Waals surface area contributed by atoms with Crippen molar-refractivity contribution >= 4 is 11.6 Å². The first-order valence-corrected chi connectivity index (χ1v) is 11.2. The Morgan fingerprint density at radius 3 is 2.41 bits per heavy atom. The molecule has 0 radical (unpaired) electrons. The molecule has 1 fully saturated rings. The maximum atomic E-state index is 14.1. The van der Waals surface area contributed by atoms with Crippen LogP contribution in [0, 0.1) is 5.82 Å². The fourth-order valence-electron chi connectivity index (χ4n) is 3.98. The maximum Gasteiger partial charge on any atom is 0.252 e. The topological polar surface area (TPSA) is 67.6 Å². The Morgan fingerprint density at radius 1 is 0.941 bits per heavy atom. The zero-order chi connectivity index (χ0) is 23.3. The van der Waals surface area contributed by atoms with Crippen LogP contribution in [-0.2, 0) is 11.3 Å². The van der Waals surface area contributed by atoms with E-state index in [9.17, 15) is 9.18 Å². The fourth-order valence-corrected chi connectivity index (χ4v) is 3.98. The molecule has 0 bridgehead atoms. The molecule has 0 unspecified atom stereocenters. The number of oxazole rings is 1. The number of hydrogen-bond acceptors (Lipinski definition) is 5. The van der Waals surface area contributed by atoms with E-state index in [2.05, 4.69) is 27.3 Å². The van der Waals surface area contributed by atoms with E-state index in [-0.39, 0.29) is 11.8 Å². The summed E-state index contributed by atoms with van der Waals surface area (Å²) in [6, 6.07) is 21.6. The predicted molar refractivity (Wildman–Crippen MR) is 128 cm³/mol. The van der Waals surface area contributed by atoms with E-state index in [0.717, 1.165) is 37.6 Å². The minimum atomic E-state index is -0.393. The summed E-state index contributed by atoms with van der Waals surface area (Å²) in [4.78, 5) is 19.6. The van der Waals surface area contributed by atoms with E-state index in [4.69, 9.17) is 9.15 Å². The molecule has 1 aliphatic heterocycles. The summed E-state index contributed by atoms with van der Waals surface area (Å²) in [5.74, 6) is -0.0584. The third-order valence-electron chi connectivity index (χ3n) is 5.81. The van der Waals surface area contributed by atoms with Gasteiger partial charge in [-0.05, 0) is 42.0 Å². The molecule has 1 saturated heterocycles. The standard InChI is InChI=1S/C27H24FN3O3/c28-24-8-4-3-7-23(24)25-18-30-27(34-25)22-6-2-1-5-21(22)26(32)29-17-19-9-11-20(12-10-19)31-13-15-33-16-14-31/h1-12,18H,13-17H2,(H,29,32). The third kappa shape index (κ3) is 4.70. The van der Waals surface area contributed by atoms with E-state index in [1.165, 1.54) is 12.3 Å². The van der Waals surface area contributed by atoms with E-state index < -0.39 is 5.82 Å². The average Bonchev–Trinajstić information content (AvgIpc) is 3.38. The Balaban J connectivity index is 1.29. The van der Waals surface area contributed by atoms with E-state index in [1.54, 1.807) is 36.4 Å². The highest BCUT2D eigenvalue weighted by molar-refractivity contribution is 6.00. The number of nitrogens with one attached hydrogen (secondary N) is 1. The Hall–Kier alpha value is -3.97. The van der Waals surface area contributed by atoms with Crippen molar-refractivity contribution in [2.24, 2.45) is 0 Å². The zero-order valence-electron chi connectivity index (χ0n) is 18.5. The molecule has 34 heavy (non-hydrogen) atoms. The summed E-state index contributed by atoms with van der Waals surface area (Å²) >= 11 is 0. The quantitative estimate of drug-likeness (QED) is 0.445. The lowest BCUT2D eigenvalue weighted by molar-refractivity contribution is 0.0951. The molecule has 4 aromatic rings. The van der Waals surface area contributed by atoms with Crippen LogP contribution >= 0.6 is 0 Å². The molecule has 3 aromatic carbocycles. The SMILES string of the molecule is O=C(NCc1ccc(N2CCOCC2)cc1)c1ccccc1-c1ncc(-c2ccccc2F)o1. The lowest BCUT2D eigenvalue weighted by atomic mass is 10.1. The number of aromatic nitrogens is 1. The van der Waals surface area contributed by atoms with Crippen LogP contribution in [0.4, 0.5) is 10.1 Å². The molecule has 0 saturated carbocycles. The van der Waals surface area contributed by atoms with Crippen LogP contribution in [0.3, 0.4) is 0 Å². The number of benzene rings is 3. The average molecular weight is 458 g/mol. The van der Waals surface area contributed by atoms with Crippen LogP contribution in [0.15, 0.2) is 83.4 Å². The number of halogens is 1. The number of carbonyl (C=O) groups excluding carboxylic acids is 1. The van der Waals surface area contributed by atoms with Crippen molar-refractivity contribution in [3.8, 4) is 22.8 Å². The van der Waals surface area contributed by atoms with Gasteiger partial charge in [-0.3, -0.25) is 4.79 Å². The second-order valence-electron chi connectivity index (χ2n) is 8.00. The van der Waals surface area contributed by atoms with Crippen molar-refractivity contribution in [1.82, 2.24) is 10.3 Å². The molecule has 172 valence electrons. The molecule has 2 heterocycles. The number of anilines is 1. The van der Waals surface area contributed by atoms with Crippen LogP contribution < -0.4 is 10.2 Å². The number of hydrogen-bond donors (Lipinski definition) is 1. The van der Waals surface area contributed by atoms with E-state index in [0.29, 0.717) is 29.0 Å². The van der Waals surface area contributed by atoms with E-state index in [1.807, 2.05) is 18.2 Å². The molecular weight excluding hydrogens is 433 g/mol. The Labute approximate surface area is 197 Å². The van der Waals surface area contributed by atoms with Crippen molar-refractivity contribution < 1.29 is 18.3 Å². The summed E-state index contributed by atoms with van der Waals surface area (Å²) < 4.78 is 25.3. The van der Waals surface area contributed by atoms with Gasteiger partial charge in [-0.1, -0.05) is 36.4 Å². The Morgan fingerprint density at radius 2 is 1.65 bits per heavy atom. The number of amides is 1.